The van der Waals surface area contributed by atoms with Gasteiger partial charge in [-0.15, -0.1) is 0 Å². The molecule has 20 heavy (non-hydrogen) atoms. The highest BCUT2D eigenvalue weighted by atomic mass is 16.5. The molecule has 0 saturated carbocycles. The lowest BCUT2D eigenvalue weighted by atomic mass is 9.98. The van der Waals surface area contributed by atoms with E-state index in [-0.39, 0.29) is 5.97 Å². The largest absolute Gasteiger partial charge is 0.493 e. The van der Waals surface area contributed by atoms with Crippen LogP contribution < -0.4 is 4.74 Å². The Morgan fingerprint density at radius 2 is 1.90 bits per heavy atom. The third-order valence-corrected chi connectivity index (χ3v) is 3.82. The van der Waals surface area contributed by atoms with E-state index in [1.807, 2.05) is 24.3 Å². The van der Waals surface area contributed by atoms with Gasteiger partial charge in [0.2, 0.25) is 0 Å². The van der Waals surface area contributed by atoms with Gasteiger partial charge in [-0.3, -0.25) is 4.79 Å². The van der Waals surface area contributed by atoms with Gasteiger partial charge in [0.05, 0.1) is 20.1 Å². The van der Waals surface area contributed by atoms with Crippen LogP contribution in [0.3, 0.4) is 0 Å². The van der Waals surface area contributed by atoms with Gasteiger partial charge in [0.15, 0.2) is 0 Å². The fourth-order valence-corrected chi connectivity index (χ4v) is 2.39. The summed E-state index contributed by atoms with van der Waals surface area (Å²) in [5.74, 6) is 1.31. The van der Waals surface area contributed by atoms with Crippen molar-refractivity contribution in [2.24, 2.45) is 5.92 Å². The molecule has 1 fully saturated rings. The minimum Gasteiger partial charge on any atom is -0.493 e. The third kappa shape index (κ3) is 4.53. The summed E-state index contributed by atoms with van der Waals surface area (Å²) in [5.41, 5.74) is 0.948. The quantitative estimate of drug-likeness (QED) is 0.773. The normalized spacial score (nSPS) is 16.9. The van der Waals surface area contributed by atoms with Gasteiger partial charge >= 0.3 is 5.97 Å². The molecule has 0 aromatic heterocycles. The molecule has 0 spiro atoms. The van der Waals surface area contributed by atoms with Crippen molar-refractivity contribution in [3.63, 3.8) is 0 Å². The zero-order chi connectivity index (χ0) is 14.4. The van der Waals surface area contributed by atoms with Crippen LogP contribution in [0.15, 0.2) is 24.3 Å². The van der Waals surface area contributed by atoms with E-state index in [1.54, 1.807) is 0 Å². The predicted molar refractivity (Wildman–Crippen MR) is 77.9 cm³/mol. The van der Waals surface area contributed by atoms with Crippen molar-refractivity contribution in [1.29, 1.82) is 0 Å². The number of hydrogen-bond donors (Lipinski definition) is 0. The van der Waals surface area contributed by atoms with E-state index in [2.05, 4.69) is 16.7 Å². The van der Waals surface area contributed by atoms with Crippen LogP contribution in [-0.2, 0) is 16.0 Å². The number of nitrogens with zero attached hydrogens (tertiary/aromatic N) is 1. The van der Waals surface area contributed by atoms with Crippen LogP contribution in [0.2, 0.25) is 0 Å². The lowest BCUT2D eigenvalue weighted by Crippen LogP contribution is -2.32. The molecule has 0 unspecified atom stereocenters. The monoisotopic (exact) mass is 277 g/mol. The summed E-state index contributed by atoms with van der Waals surface area (Å²) in [5, 5.41) is 0. The Balaban J connectivity index is 1.77. The van der Waals surface area contributed by atoms with Crippen LogP contribution in [0.4, 0.5) is 0 Å². The molecule has 0 aliphatic carbocycles. The Hall–Kier alpha value is -1.55. The van der Waals surface area contributed by atoms with Crippen molar-refractivity contribution >= 4 is 5.97 Å². The zero-order valence-corrected chi connectivity index (χ0v) is 12.3. The molecule has 1 aliphatic heterocycles. The number of rotatable bonds is 5. The van der Waals surface area contributed by atoms with Crippen molar-refractivity contribution in [2.75, 3.05) is 33.9 Å². The highest BCUT2D eigenvalue weighted by molar-refractivity contribution is 5.72. The maximum absolute atomic E-state index is 11.2. The molecule has 4 heteroatoms. The summed E-state index contributed by atoms with van der Waals surface area (Å²) in [6.45, 7) is 3.10. The molecule has 1 heterocycles. The molecule has 0 radical (unpaired) electrons. The number of ether oxygens (including phenoxy) is 2. The second-order valence-electron chi connectivity index (χ2n) is 5.45. The number of likely N-dealkylation sites (tertiary alicyclic amines) is 1. The zero-order valence-electron chi connectivity index (χ0n) is 12.3. The molecular weight excluding hydrogens is 254 g/mol. The summed E-state index contributed by atoms with van der Waals surface area (Å²) < 4.78 is 10.5. The van der Waals surface area contributed by atoms with E-state index in [0.29, 0.717) is 12.3 Å². The molecule has 1 aromatic rings. The maximum atomic E-state index is 11.2. The molecule has 1 saturated heterocycles. The summed E-state index contributed by atoms with van der Waals surface area (Å²) >= 11 is 0. The van der Waals surface area contributed by atoms with Gasteiger partial charge in [0.25, 0.3) is 0 Å². The second-order valence-corrected chi connectivity index (χ2v) is 5.45. The van der Waals surface area contributed by atoms with E-state index >= 15 is 0 Å². The van der Waals surface area contributed by atoms with Crippen LogP contribution >= 0.6 is 0 Å². The standard InChI is InChI=1S/C16H23NO3/c1-17-9-7-14(8-10-17)12-20-15-5-3-13(4-6-15)11-16(18)19-2/h3-6,14H,7-12H2,1-2H3. The minimum atomic E-state index is -0.218. The Labute approximate surface area is 120 Å². The van der Waals surface area contributed by atoms with Crippen LogP contribution in [-0.4, -0.2) is 44.7 Å². The number of hydrogen-bond acceptors (Lipinski definition) is 4. The van der Waals surface area contributed by atoms with E-state index in [0.717, 1.165) is 31.0 Å². The molecule has 1 aliphatic rings. The van der Waals surface area contributed by atoms with Gasteiger partial charge in [-0.05, 0) is 56.6 Å². The molecular formula is C16H23NO3. The Kier molecular flexibility index (Phi) is 5.41. The lowest BCUT2D eigenvalue weighted by Gasteiger charge is -2.28. The number of methoxy groups -OCH3 is 1. The first kappa shape index (κ1) is 14.9. The molecule has 0 atom stereocenters. The number of piperidine rings is 1. The molecule has 2 rings (SSSR count). The second kappa shape index (κ2) is 7.29. The average Bonchev–Trinajstić information content (AvgIpc) is 2.48. The van der Waals surface area contributed by atoms with Crippen molar-refractivity contribution < 1.29 is 14.3 Å². The summed E-state index contributed by atoms with van der Waals surface area (Å²) in [4.78, 5) is 13.5. The first-order chi connectivity index (χ1) is 9.67. The van der Waals surface area contributed by atoms with Gasteiger partial charge in [0.1, 0.15) is 5.75 Å². The Bertz CT molecular complexity index is 422. The van der Waals surface area contributed by atoms with Crippen molar-refractivity contribution in [3.8, 4) is 5.75 Å². The SMILES string of the molecule is COC(=O)Cc1ccc(OCC2CCN(C)CC2)cc1. The topological polar surface area (TPSA) is 38.8 Å². The van der Waals surface area contributed by atoms with Gasteiger partial charge in [-0.2, -0.15) is 0 Å². The Morgan fingerprint density at radius 3 is 2.50 bits per heavy atom. The summed E-state index contributed by atoms with van der Waals surface area (Å²) in [6, 6.07) is 7.68. The minimum absolute atomic E-state index is 0.218. The van der Waals surface area contributed by atoms with Gasteiger partial charge in [0, 0.05) is 0 Å². The van der Waals surface area contributed by atoms with Crippen LogP contribution in [0, 0.1) is 5.92 Å². The first-order valence-electron chi connectivity index (χ1n) is 7.14. The van der Waals surface area contributed by atoms with Gasteiger partial charge < -0.3 is 14.4 Å². The van der Waals surface area contributed by atoms with Crippen molar-refractivity contribution in [1.82, 2.24) is 4.90 Å². The third-order valence-electron chi connectivity index (χ3n) is 3.82. The fraction of sp³-hybridized carbons (Fsp3) is 0.562. The molecule has 110 valence electrons. The van der Waals surface area contributed by atoms with Crippen LogP contribution in [0.25, 0.3) is 0 Å². The smallest absolute Gasteiger partial charge is 0.309 e. The van der Waals surface area contributed by atoms with Gasteiger partial charge in [-0.25, -0.2) is 0 Å². The highest BCUT2D eigenvalue weighted by Crippen LogP contribution is 2.19. The summed E-state index contributed by atoms with van der Waals surface area (Å²) in [7, 11) is 3.57. The van der Waals surface area contributed by atoms with Crippen molar-refractivity contribution in [3.05, 3.63) is 29.8 Å². The van der Waals surface area contributed by atoms with Crippen molar-refractivity contribution in [2.45, 2.75) is 19.3 Å². The van der Waals surface area contributed by atoms with Crippen LogP contribution in [0.5, 0.6) is 5.75 Å². The number of carbonyl (C=O) groups is 1. The number of benzene rings is 1. The van der Waals surface area contributed by atoms with E-state index < -0.39 is 0 Å². The van der Waals surface area contributed by atoms with Gasteiger partial charge in [-0.1, -0.05) is 12.1 Å². The van der Waals surface area contributed by atoms with E-state index in [4.69, 9.17) is 4.74 Å². The molecule has 0 bridgehead atoms. The molecule has 0 amide bonds. The molecule has 1 aromatic carbocycles. The molecule has 0 N–H and O–H groups in total. The summed E-state index contributed by atoms with van der Waals surface area (Å²) in [6.07, 6.45) is 2.72. The lowest BCUT2D eigenvalue weighted by molar-refractivity contribution is -0.139. The number of esters is 1. The number of carbonyl (C=O) groups excluding carboxylic acids is 1. The fourth-order valence-electron chi connectivity index (χ4n) is 2.39. The van der Waals surface area contributed by atoms with E-state index in [9.17, 15) is 4.79 Å². The average molecular weight is 277 g/mol. The predicted octanol–water partition coefficient (Wildman–Crippen LogP) is 2.12. The highest BCUT2D eigenvalue weighted by Gasteiger charge is 2.17. The first-order valence-corrected chi connectivity index (χ1v) is 7.14. The Morgan fingerprint density at radius 1 is 1.25 bits per heavy atom. The van der Waals surface area contributed by atoms with E-state index in [1.165, 1.54) is 20.0 Å². The maximum Gasteiger partial charge on any atom is 0.309 e. The molecule has 4 nitrogen and oxygen atoms in total. The van der Waals surface area contributed by atoms with Crippen LogP contribution in [0.1, 0.15) is 18.4 Å².